The number of nitrogens with zero attached hydrogens (tertiary/aromatic N) is 1. The molecule has 25 heavy (non-hydrogen) atoms. The molecule has 1 fully saturated rings. The maximum absolute atomic E-state index is 12.3. The lowest BCUT2D eigenvalue weighted by molar-refractivity contribution is -0.134. The smallest absolute Gasteiger partial charge is 0.237 e. The van der Waals surface area contributed by atoms with Crippen LogP contribution in [0.1, 0.15) is 31.4 Å². The van der Waals surface area contributed by atoms with Gasteiger partial charge in [-0.2, -0.15) is 0 Å². The monoisotopic (exact) mass is 347 g/mol. The number of aryl methyl sites for hydroxylation is 1. The molecule has 1 aromatic carbocycles. The van der Waals surface area contributed by atoms with E-state index in [1.54, 1.807) is 7.11 Å². The number of nitrogens with one attached hydrogen (secondary N) is 2. The molecule has 0 aliphatic carbocycles. The van der Waals surface area contributed by atoms with Crippen LogP contribution in [0.3, 0.4) is 0 Å². The van der Waals surface area contributed by atoms with Gasteiger partial charge in [0.25, 0.3) is 0 Å². The average molecular weight is 347 g/mol. The highest BCUT2D eigenvalue weighted by atomic mass is 16.5. The van der Waals surface area contributed by atoms with Crippen molar-refractivity contribution in [3.05, 3.63) is 29.3 Å². The minimum Gasteiger partial charge on any atom is -0.496 e. The van der Waals surface area contributed by atoms with Gasteiger partial charge in [-0.3, -0.25) is 14.5 Å². The molecular weight excluding hydrogens is 318 g/mol. The van der Waals surface area contributed by atoms with E-state index >= 15 is 0 Å². The number of benzene rings is 1. The van der Waals surface area contributed by atoms with Crippen molar-refractivity contribution >= 4 is 11.8 Å². The number of methoxy groups -OCH3 is 1. The molecule has 2 rings (SSSR count). The van der Waals surface area contributed by atoms with Crippen molar-refractivity contribution in [2.45, 2.75) is 39.8 Å². The summed E-state index contributed by atoms with van der Waals surface area (Å²) in [5, 5.41) is 5.76. The topological polar surface area (TPSA) is 70.7 Å². The summed E-state index contributed by atoms with van der Waals surface area (Å²) in [5.74, 6) is 1.09. The number of hydrogen-bond donors (Lipinski definition) is 2. The molecule has 6 heteroatoms. The standard InChI is InChI=1S/C19H29N3O3/c1-13(2)11-21-18(23)10-16-19(24)20-7-8-22(16)12-15-5-6-17(25-4)14(3)9-15/h5-6,9,13,16H,7-8,10-12H2,1-4H3,(H,20,24)(H,21,23)/t16-/m1/s1. The summed E-state index contributed by atoms with van der Waals surface area (Å²) in [5.41, 5.74) is 2.17. The van der Waals surface area contributed by atoms with Crippen LogP contribution in [-0.2, 0) is 16.1 Å². The van der Waals surface area contributed by atoms with Crippen LogP contribution in [0.15, 0.2) is 18.2 Å². The molecule has 1 saturated heterocycles. The number of rotatable bonds is 7. The van der Waals surface area contributed by atoms with Crippen molar-refractivity contribution in [1.82, 2.24) is 15.5 Å². The van der Waals surface area contributed by atoms with Gasteiger partial charge in [0, 0.05) is 26.2 Å². The highest BCUT2D eigenvalue weighted by molar-refractivity contribution is 5.88. The van der Waals surface area contributed by atoms with Crippen molar-refractivity contribution in [2.75, 3.05) is 26.7 Å². The van der Waals surface area contributed by atoms with Gasteiger partial charge in [-0.1, -0.05) is 26.0 Å². The fourth-order valence-electron chi connectivity index (χ4n) is 3.01. The summed E-state index contributed by atoms with van der Waals surface area (Å²) in [6, 6.07) is 5.59. The van der Waals surface area contributed by atoms with Crippen molar-refractivity contribution in [2.24, 2.45) is 5.92 Å². The van der Waals surface area contributed by atoms with E-state index in [0.717, 1.165) is 23.4 Å². The Morgan fingerprint density at radius 1 is 1.44 bits per heavy atom. The predicted molar refractivity (Wildman–Crippen MR) is 97.4 cm³/mol. The fourth-order valence-corrected chi connectivity index (χ4v) is 3.01. The summed E-state index contributed by atoms with van der Waals surface area (Å²) in [6.45, 7) is 8.71. The van der Waals surface area contributed by atoms with E-state index in [-0.39, 0.29) is 18.2 Å². The third-order valence-electron chi connectivity index (χ3n) is 4.37. The number of ether oxygens (including phenoxy) is 1. The van der Waals surface area contributed by atoms with Crippen LogP contribution in [0.5, 0.6) is 5.75 Å². The molecule has 2 amide bonds. The molecule has 0 spiro atoms. The Balaban J connectivity index is 2.04. The van der Waals surface area contributed by atoms with Crippen LogP contribution in [0.25, 0.3) is 0 Å². The number of carbonyl (C=O) groups is 2. The van der Waals surface area contributed by atoms with Crippen LogP contribution in [0, 0.1) is 12.8 Å². The fraction of sp³-hybridized carbons (Fsp3) is 0.579. The molecular formula is C19H29N3O3. The Morgan fingerprint density at radius 2 is 2.20 bits per heavy atom. The highest BCUT2D eigenvalue weighted by Crippen LogP contribution is 2.21. The van der Waals surface area contributed by atoms with E-state index in [4.69, 9.17) is 4.74 Å². The molecule has 0 saturated carbocycles. The number of amides is 2. The van der Waals surface area contributed by atoms with E-state index in [1.165, 1.54) is 0 Å². The third kappa shape index (κ3) is 5.46. The predicted octanol–water partition coefficient (Wildman–Crippen LogP) is 1.47. The first kappa shape index (κ1) is 19.2. The van der Waals surface area contributed by atoms with Gasteiger partial charge in [0.1, 0.15) is 5.75 Å². The van der Waals surface area contributed by atoms with Crippen LogP contribution in [0.2, 0.25) is 0 Å². The van der Waals surface area contributed by atoms with Crippen molar-refractivity contribution in [3.63, 3.8) is 0 Å². The van der Waals surface area contributed by atoms with Crippen LogP contribution >= 0.6 is 0 Å². The van der Waals surface area contributed by atoms with Gasteiger partial charge >= 0.3 is 0 Å². The van der Waals surface area contributed by atoms with Crippen LogP contribution in [-0.4, -0.2) is 49.5 Å². The summed E-state index contributed by atoms with van der Waals surface area (Å²) < 4.78 is 5.30. The minimum atomic E-state index is -0.427. The Hall–Kier alpha value is -2.08. The van der Waals surface area contributed by atoms with Gasteiger partial charge < -0.3 is 15.4 Å². The first-order chi connectivity index (χ1) is 11.9. The molecule has 1 aromatic rings. The molecule has 2 N–H and O–H groups in total. The van der Waals surface area contributed by atoms with Gasteiger partial charge in [-0.25, -0.2) is 0 Å². The zero-order valence-electron chi connectivity index (χ0n) is 15.6. The molecule has 0 unspecified atom stereocenters. The number of hydrogen-bond acceptors (Lipinski definition) is 4. The van der Waals surface area contributed by atoms with Gasteiger partial charge in [0.05, 0.1) is 19.6 Å². The van der Waals surface area contributed by atoms with Crippen molar-refractivity contribution in [1.29, 1.82) is 0 Å². The van der Waals surface area contributed by atoms with E-state index in [9.17, 15) is 9.59 Å². The Labute approximate surface area is 149 Å². The maximum Gasteiger partial charge on any atom is 0.237 e. The average Bonchev–Trinajstić information content (AvgIpc) is 2.56. The molecule has 1 heterocycles. The Bertz CT molecular complexity index is 616. The molecule has 0 aromatic heterocycles. The second-order valence-electron chi connectivity index (χ2n) is 6.98. The zero-order chi connectivity index (χ0) is 18.4. The summed E-state index contributed by atoms with van der Waals surface area (Å²) >= 11 is 0. The highest BCUT2D eigenvalue weighted by Gasteiger charge is 2.31. The zero-order valence-corrected chi connectivity index (χ0v) is 15.6. The van der Waals surface area contributed by atoms with Gasteiger partial charge in [-0.05, 0) is 30.0 Å². The third-order valence-corrected chi connectivity index (χ3v) is 4.37. The summed E-state index contributed by atoms with van der Waals surface area (Å²) in [6.07, 6.45) is 0.188. The van der Waals surface area contributed by atoms with Crippen molar-refractivity contribution < 1.29 is 14.3 Å². The normalized spacial score (nSPS) is 18.1. The lowest BCUT2D eigenvalue weighted by atomic mass is 10.0. The maximum atomic E-state index is 12.3. The lowest BCUT2D eigenvalue weighted by Crippen LogP contribution is -2.56. The van der Waals surface area contributed by atoms with E-state index < -0.39 is 6.04 Å². The van der Waals surface area contributed by atoms with Crippen LogP contribution in [0.4, 0.5) is 0 Å². The quantitative estimate of drug-likeness (QED) is 0.784. The molecule has 138 valence electrons. The van der Waals surface area contributed by atoms with E-state index in [2.05, 4.69) is 21.6 Å². The molecule has 0 bridgehead atoms. The summed E-state index contributed by atoms with van der Waals surface area (Å²) in [4.78, 5) is 26.5. The van der Waals surface area contributed by atoms with Crippen LogP contribution < -0.4 is 15.4 Å². The minimum absolute atomic E-state index is 0.0730. The van der Waals surface area contributed by atoms with Gasteiger partial charge in [0.2, 0.25) is 11.8 Å². The van der Waals surface area contributed by atoms with Gasteiger partial charge in [0.15, 0.2) is 0 Å². The second kappa shape index (κ2) is 8.85. The molecule has 0 radical (unpaired) electrons. The first-order valence-electron chi connectivity index (χ1n) is 8.82. The molecule has 1 atom stereocenters. The molecule has 6 nitrogen and oxygen atoms in total. The van der Waals surface area contributed by atoms with E-state index in [0.29, 0.717) is 25.6 Å². The molecule has 1 aliphatic heterocycles. The first-order valence-corrected chi connectivity index (χ1v) is 8.82. The Kier molecular flexibility index (Phi) is 6.82. The molecule has 1 aliphatic rings. The van der Waals surface area contributed by atoms with Crippen molar-refractivity contribution in [3.8, 4) is 5.75 Å². The number of carbonyl (C=O) groups excluding carboxylic acids is 2. The van der Waals surface area contributed by atoms with Gasteiger partial charge in [-0.15, -0.1) is 0 Å². The largest absolute Gasteiger partial charge is 0.496 e. The SMILES string of the molecule is COc1ccc(CN2CCNC(=O)[C@H]2CC(=O)NCC(C)C)cc1C. The lowest BCUT2D eigenvalue weighted by Gasteiger charge is -2.34. The summed E-state index contributed by atoms with van der Waals surface area (Å²) in [7, 11) is 1.66. The number of piperazine rings is 1. The van der Waals surface area contributed by atoms with E-state index in [1.807, 2.05) is 32.9 Å². The Morgan fingerprint density at radius 3 is 2.84 bits per heavy atom. The second-order valence-corrected chi connectivity index (χ2v) is 6.98.